The van der Waals surface area contributed by atoms with Crippen molar-refractivity contribution < 1.29 is 5.11 Å². The van der Waals surface area contributed by atoms with E-state index in [1.807, 2.05) is 12.1 Å². The van der Waals surface area contributed by atoms with Crippen LogP contribution in [0, 0.1) is 0 Å². The Morgan fingerprint density at radius 1 is 0.650 bits per heavy atom. The molecule has 0 saturated heterocycles. The van der Waals surface area contributed by atoms with Crippen molar-refractivity contribution in [1.29, 1.82) is 0 Å². The maximum absolute atomic E-state index is 8.68. The van der Waals surface area contributed by atoms with Gasteiger partial charge in [-0.25, -0.2) is 0 Å². The molecule has 20 heavy (non-hydrogen) atoms. The average Bonchev–Trinajstić information content (AvgIpc) is 2.47. The standard InChI is InChI=1S/C18H31NO/c19-18-14-12-17(13-15-18)11-9-7-5-3-1-2-4-6-8-10-16-20/h12-15,20H,1-11,16,19H2. The molecule has 1 aromatic carbocycles. The van der Waals surface area contributed by atoms with E-state index in [1.165, 1.54) is 69.8 Å². The maximum Gasteiger partial charge on any atom is 0.0431 e. The molecule has 2 nitrogen and oxygen atoms in total. The average molecular weight is 277 g/mol. The van der Waals surface area contributed by atoms with E-state index in [9.17, 15) is 0 Å². The number of aryl methyl sites for hydroxylation is 1. The van der Waals surface area contributed by atoms with Gasteiger partial charge in [-0.2, -0.15) is 0 Å². The zero-order chi connectivity index (χ0) is 14.5. The predicted molar refractivity (Wildman–Crippen MR) is 87.8 cm³/mol. The maximum atomic E-state index is 8.68. The van der Waals surface area contributed by atoms with E-state index in [0.29, 0.717) is 6.61 Å². The van der Waals surface area contributed by atoms with Crippen LogP contribution in [0.15, 0.2) is 24.3 Å². The third-order valence-corrected chi connectivity index (χ3v) is 3.85. The number of anilines is 1. The Bertz CT molecular complexity index is 321. The molecule has 0 spiro atoms. The normalized spacial score (nSPS) is 10.8. The van der Waals surface area contributed by atoms with Crippen molar-refractivity contribution >= 4 is 5.69 Å². The van der Waals surface area contributed by atoms with E-state index in [0.717, 1.165) is 12.1 Å². The summed E-state index contributed by atoms with van der Waals surface area (Å²) in [5.74, 6) is 0. The summed E-state index contributed by atoms with van der Waals surface area (Å²) in [6.45, 7) is 0.355. The summed E-state index contributed by atoms with van der Waals surface area (Å²) < 4.78 is 0. The molecule has 0 aromatic heterocycles. The van der Waals surface area contributed by atoms with Gasteiger partial charge in [0.2, 0.25) is 0 Å². The first-order valence-corrected chi connectivity index (χ1v) is 8.28. The van der Waals surface area contributed by atoms with E-state index in [-0.39, 0.29) is 0 Å². The van der Waals surface area contributed by atoms with Crippen molar-refractivity contribution in [1.82, 2.24) is 0 Å². The molecule has 0 saturated carbocycles. The number of nitrogens with two attached hydrogens (primary N) is 1. The molecular formula is C18H31NO. The van der Waals surface area contributed by atoms with Crippen LogP contribution in [0.25, 0.3) is 0 Å². The molecule has 114 valence electrons. The van der Waals surface area contributed by atoms with Gasteiger partial charge in [-0.15, -0.1) is 0 Å². The summed E-state index contributed by atoms with van der Waals surface area (Å²) in [5, 5.41) is 8.68. The summed E-state index contributed by atoms with van der Waals surface area (Å²) in [4.78, 5) is 0. The summed E-state index contributed by atoms with van der Waals surface area (Å²) in [6.07, 6.45) is 14.1. The highest BCUT2D eigenvalue weighted by Gasteiger charge is 1.95. The summed E-state index contributed by atoms with van der Waals surface area (Å²) in [7, 11) is 0. The fourth-order valence-corrected chi connectivity index (χ4v) is 2.54. The van der Waals surface area contributed by atoms with Crippen molar-refractivity contribution in [2.45, 2.75) is 70.6 Å². The topological polar surface area (TPSA) is 46.2 Å². The molecule has 0 radical (unpaired) electrons. The van der Waals surface area contributed by atoms with Crippen molar-refractivity contribution in [2.75, 3.05) is 12.3 Å². The van der Waals surface area contributed by atoms with E-state index >= 15 is 0 Å². The van der Waals surface area contributed by atoms with Gasteiger partial charge in [0.05, 0.1) is 0 Å². The zero-order valence-corrected chi connectivity index (χ0v) is 12.8. The molecule has 3 N–H and O–H groups in total. The summed E-state index contributed by atoms with van der Waals surface area (Å²) in [6, 6.07) is 8.27. The second-order valence-corrected chi connectivity index (χ2v) is 5.75. The lowest BCUT2D eigenvalue weighted by Gasteiger charge is -2.03. The van der Waals surface area contributed by atoms with Crippen molar-refractivity contribution in [2.24, 2.45) is 0 Å². The number of hydrogen-bond acceptors (Lipinski definition) is 2. The first kappa shape index (κ1) is 17.0. The van der Waals surface area contributed by atoms with Crippen molar-refractivity contribution in [3.63, 3.8) is 0 Å². The number of aliphatic hydroxyl groups excluding tert-OH is 1. The number of unbranched alkanes of at least 4 members (excludes halogenated alkanes) is 9. The monoisotopic (exact) mass is 277 g/mol. The molecule has 0 unspecified atom stereocenters. The SMILES string of the molecule is Nc1ccc(CCCCCCCCCCCCO)cc1. The third kappa shape index (κ3) is 8.98. The van der Waals surface area contributed by atoms with Crippen molar-refractivity contribution in [3.8, 4) is 0 Å². The Morgan fingerprint density at radius 2 is 1.10 bits per heavy atom. The lowest BCUT2D eigenvalue weighted by molar-refractivity contribution is 0.282. The third-order valence-electron chi connectivity index (χ3n) is 3.85. The van der Waals surface area contributed by atoms with Crippen LogP contribution in [0.5, 0.6) is 0 Å². The van der Waals surface area contributed by atoms with Crippen LogP contribution in [0.3, 0.4) is 0 Å². The van der Waals surface area contributed by atoms with Gasteiger partial charge >= 0.3 is 0 Å². The minimum absolute atomic E-state index is 0.355. The van der Waals surface area contributed by atoms with Crippen LogP contribution in [0.4, 0.5) is 5.69 Å². The molecule has 0 aliphatic rings. The van der Waals surface area contributed by atoms with Gasteiger partial charge in [0.25, 0.3) is 0 Å². The van der Waals surface area contributed by atoms with Crippen LogP contribution in [0.2, 0.25) is 0 Å². The Kier molecular flexibility index (Phi) is 10.0. The number of aliphatic hydroxyl groups is 1. The minimum Gasteiger partial charge on any atom is -0.399 e. The lowest BCUT2D eigenvalue weighted by Crippen LogP contribution is -1.89. The van der Waals surface area contributed by atoms with Gasteiger partial charge < -0.3 is 10.8 Å². The molecule has 1 rings (SSSR count). The van der Waals surface area contributed by atoms with Gasteiger partial charge in [0.1, 0.15) is 0 Å². The van der Waals surface area contributed by atoms with Gasteiger partial charge in [-0.1, -0.05) is 63.5 Å². The molecule has 0 fully saturated rings. The largest absolute Gasteiger partial charge is 0.399 e. The molecule has 2 heteroatoms. The van der Waals surface area contributed by atoms with Crippen LogP contribution >= 0.6 is 0 Å². The first-order chi connectivity index (χ1) is 9.83. The number of nitrogen functional groups attached to an aromatic ring is 1. The van der Waals surface area contributed by atoms with Crippen LogP contribution in [-0.2, 0) is 6.42 Å². The highest BCUT2D eigenvalue weighted by Crippen LogP contribution is 2.13. The minimum atomic E-state index is 0.355. The fourth-order valence-electron chi connectivity index (χ4n) is 2.54. The van der Waals surface area contributed by atoms with Gasteiger partial charge in [0.15, 0.2) is 0 Å². The zero-order valence-electron chi connectivity index (χ0n) is 12.8. The molecule has 0 heterocycles. The summed E-state index contributed by atoms with van der Waals surface area (Å²) in [5.41, 5.74) is 7.94. The van der Waals surface area contributed by atoms with Gasteiger partial charge in [-0.05, 0) is 37.0 Å². The molecule has 0 aliphatic carbocycles. The fraction of sp³-hybridized carbons (Fsp3) is 0.667. The van der Waals surface area contributed by atoms with Crippen molar-refractivity contribution in [3.05, 3.63) is 29.8 Å². The second kappa shape index (κ2) is 11.8. The molecule has 0 aliphatic heterocycles. The molecule has 1 aromatic rings. The lowest BCUT2D eigenvalue weighted by atomic mass is 10.0. The molecule has 0 amide bonds. The molecular weight excluding hydrogens is 246 g/mol. The highest BCUT2D eigenvalue weighted by atomic mass is 16.2. The van der Waals surface area contributed by atoms with Gasteiger partial charge in [-0.3, -0.25) is 0 Å². The Hall–Kier alpha value is -1.02. The predicted octanol–water partition coefficient (Wildman–Crippen LogP) is 4.70. The van der Waals surface area contributed by atoms with E-state index < -0.39 is 0 Å². The second-order valence-electron chi connectivity index (χ2n) is 5.75. The Morgan fingerprint density at radius 3 is 1.60 bits per heavy atom. The number of benzene rings is 1. The molecule has 0 atom stereocenters. The first-order valence-electron chi connectivity index (χ1n) is 8.28. The van der Waals surface area contributed by atoms with Crippen LogP contribution in [0.1, 0.15) is 69.8 Å². The quantitative estimate of drug-likeness (QED) is 0.429. The molecule has 0 bridgehead atoms. The van der Waals surface area contributed by atoms with Gasteiger partial charge in [0, 0.05) is 12.3 Å². The smallest absolute Gasteiger partial charge is 0.0431 e. The number of hydrogen-bond donors (Lipinski definition) is 2. The highest BCUT2D eigenvalue weighted by molar-refractivity contribution is 5.39. The van der Waals surface area contributed by atoms with Crippen LogP contribution in [-0.4, -0.2) is 11.7 Å². The van der Waals surface area contributed by atoms with E-state index in [2.05, 4.69) is 12.1 Å². The van der Waals surface area contributed by atoms with E-state index in [1.54, 1.807) is 0 Å². The Labute approximate surface area is 124 Å². The van der Waals surface area contributed by atoms with E-state index in [4.69, 9.17) is 10.8 Å². The van der Waals surface area contributed by atoms with Crippen LogP contribution < -0.4 is 5.73 Å². The Balaban J connectivity index is 1.84. The number of rotatable bonds is 12. The summed E-state index contributed by atoms with van der Waals surface area (Å²) >= 11 is 0.